The van der Waals surface area contributed by atoms with E-state index in [0.29, 0.717) is 19.7 Å². The zero-order valence-corrected chi connectivity index (χ0v) is 22.2. The standard InChI is InChI=1S/C27H38N2O4S/c1-19-16-21(26(2,3)4)10-13-23(19)28-24(30)18-29(14-15-33-7)17-20-8-11-22(12-9-20)34-27(5,6)25(31)32/h8-13,16H,14-15,17-18H2,1-7H3,(H,28,30)(H,31,32). The molecule has 0 fully saturated rings. The van der Waals surface area contributed by atoms with E-state index in [1.165, 1.54) is 17.3 Å². The second kappa shape index (κ2) is 11.9. The summed E-state index contributed by atoms with van der Waals surface area (Å²) >= 11 is 1.31. The fourth-order valence-electron chi connectivity index (χ4n) is 3.36. The fraction of sp³-hybridized carbons (Fsp3) is 0.481. The number of hydrogen-bond donors (Lipinski definition) is 2. The number of aliphatic carboxylic acids is 1. The van der Waals surface area contributed by atoms with Gasteiger partial charge in [-0.05, 0) is 61.1 Å². The third kappa shape index (κ3) is 8.46. The number of nitrogens with one attached hydrogen (secondary N) is 1. The number of anilines is 1. The number of carboxylic acids is 1. The minimum absolute atomic E-state index is 0.0572. The van der Waals surface area contributed by atoms with E-state index in [9.17, 15) is 14.7 Å². The Bertz CT molecular complexity index is 981. The number of ether oxygens (including phenoxy) is 1. The molecule has 7 heteroatoms. The van der Waals surface area contributed by atoms with Gasteiger partial charge in [0.05, 0.1) is 13.2 Å². The van der Waals surface area contributed by atoms with E-state index in [4.69, 9.17) is 4.74 Å². The minimum Gasteiger partial charge on any atom is -0.480 e. The Morgan fingerprint density at radius 2 is 1.71 bits per heavy atom. The number of rotatable bonds is 11. The molecule has 1 amide bonds. The summed E-state index contributed by atoms with van der Waals surface area (Å²) < 4.78 is 4.34. The summed E-state index contributed by atoms with van der Waals surface area (Å²) in [6.07, 6.45) is 0. The van der Waals surface area contributed by atoms with Crippen LogP contribution >= 0.6 is 11.8 Å². The van der Waals surface area contributed by atoms with Crippen molar-refractivity contribution in [3.63, 3.8) is 0 Å². The molecule has 0 heterocycles. The fourth-order valence-corrected chi connectivity index (χ4v) is 4.31. The van der Waals surface area contributed by atoms with Gasteiger partial charge in [0.15, 0.2) is 0 Å². The van der Waals surface area contributed by atoms with Crippen molar-refractivity contribution in [2.24, 2.45) is 0 Å². The maximum Gasteiger partial charge on any atom is 0.319 e. The lowest BCUT2D eigenvalue weighted by Crippen LogP contribution is -2.35. The quantitative estimate of drug-likeness (QED) is 0.418. The number of aryl methyl sites for hydroxylation is 1. The lowest BCUT2D eigenvalue weighted by molar-refractivity contribution is -0.138. The number of thioether (sulfide) groups is 1. The molecule has 0 aromatic heterocycles. The van der Waals surface area contributed by atoms with E-state index < -0.39 is 10.7 Å². The molecule has 34 heavy (non-hydrogen) atoms. The highest BCUT2D eigenvalue weighted by molar-refractivity contribution is 8.01. The summed E-state index contributed by atoms with van der Waals surface area (Å²) in [6, 6.07) is 14.0. The lowest BCUT2D eigenvalue weighted by atomic mass is 9.86. The zero-order chi connectivity index (χ0) is 25.5. The van der Waals surface area contributed by atoms with Crippen molar-refractivity contribution >= 4 is 29.3 Å². The molecule has 186 valence electrons. The molecule has 0 unspecified atom stereocenters. The van der Waals surface area contributed by atoms with Crippen LogP contribution in [0.1, 0.15) is 51.3 Å². The number of amides is 1. The van der Waals surface area contributed by atoms with Gasteiger partial charge >= 0.3 is 5.97 Å². The lowest BCUT2D eigenvalue weighted by Gasteiger charge is -2.23. The molecular formula is C27H38N2O4S. The van der Waals surface area contributed by atoms with Gasteiger partial charge in [0, 0.05) is 30.8 Å². The van der Waals surface area contributed by atoms with Crippen molar-refractivity contribution in [1.82, 2.24) is 4.90 Å². The number of hydrogen-bond acceptors (Lipinski definition) is 5. The van der Waals surface area contributed by atoms with Crippen LogP contribution in [0.4, 0.5) is 5.69 Å². The van der Waals surface area contributed by atoms with Gasteiger partial charge < -0.3 is 15.2 Å². The molecule has 0 atom stereocenters. The number of carbonyl (C=O) groups is 2. The Hall–Kier alpha value is -2.35. The van der Waals surface area contributed by atoms with Gasteiger partial charge in [0.25, 0.3) is 0 Å². The Labute approximate surface area is 208 Å². The predicted octanol–water partition coefficient (Wildman–Crippen LogP) is 5.33. The maximum absolute atomic E-state index is 12.8. The van der Waals surface area contributed by atoms with Crippen molar-refractivity contribution in [2.75, 3.05) is 32.1 Å². The van der Waals surface area contributed by atoms with Crippen LogP contribution in [0, 0.1) is 6.92 Å². The van der Waals surface area contributed by atoms with Crippen LogP contribution in [0.2, 0.25) is 0 Å². The second-order valence-electron chi connectivity index (χ2n) is 10.1. The average Bonchev–Trinajstić information content (AvgIpc) is 2.73. The van der Waals surface area contributed by atoms with Gasteiger partial charge in [0.2, 0.25) is 5.91 Å². The van der Waals surface area contributed by atoms with E-state index in [-0.39, 0.29) is 17.9 Å². The van der Waals surface area contributed by atoms with Crippen LogP contribution in [0.5, 0.6) is 0 Å². The molecule has 0 saturated heterocycles. The van der Waals surface area contributed by atoms with Crippen LogP contribution in [0.25, 0.3) is 0 Å². The van der Waals surface area contributed by atoms with Gasteiger partial charge in [-0.15, -0.1) is 11.8 Å². The molecule has 2 rings (SSSR count). The third-order valence-corrected chi connectivity index (χ3v) is 6.76. The molecule has 0 radical (unpaired) electrons. The van der Waals surface area contributed by atoms with Crippen LogP contribution < -0.4 is 5.32 Å². The monoisotopic (exact) mass is 486 g/mol. The van der Waals surface area contributed by atoms with Gasteiger partial charge in [-0.3, -0.25) is 14.5 Å². The normalized spacial score (nSPS) is 12.1. The van der Waals surface area contributed by atoms with Gasteiger partial charge in [0.1, 0.15) is 4.75 Å². The minimum atomic E-state index is -0.896. The first-order chi connectivity index (χ1) is 15.8. The Morgan fingerprint density at radius 3 is 2.24 bits per heavy atom. The average molecular weight is 487 g/mol. The number of benzene rings is 2. The van der Waals surface area contributed by atoms with E-state index >= 15 is 0 Å². The summed E-state index contributed by atoms with van der Waals surface area (Å²) in [7, 11) is 1.65. The van der Waals surface area contributed by atoms with Crippen molar-refractivity contribution in [3.05, 3.63) is 59.2 Å². The second-order valence-corrected chi connectivity index (χ2v) is 11.8. The highest BCUT2D eigenvalue weighted by Crippen LogP contribution is 2.32. The molecule has 0 bridgehead atoms. The summed E-state index contributed by atoms with van der Waals surface area (Å²) in [5, 5.41) is 12.4. The summed E-state index contributed by atoms with van der Waals surface area (Å²) in [5.74, 6) is -0.917. The van der Waals surface area contributed by atoms with Gasteiger partial charge in [-0.2, -0.15) is 0 Å². The van der Waals surface area contributed by atoms with Crippen LogP contribution in [-0.4, -0.2) is 53.4 Å². The van der Waals surface area contributed by atoms with Crippen LogP contribution in [-0.2, 0) is 26.3 Å². The van der Waals surface area contributed by atoms with Gasteiger partial charge in [-0.25, -0.2) is 0 Å². The largest absolute Gasteiger partial charge is 0.480 e. The predicted molar refractivity (Wildman–Crippen MR) is 140 cm³/mol. The van der Waals surface area contributed by atoms with Crippen molar-refractivity contribution in [1.29, 1.82) is 0 Å². The molecule has 2 aromatic rings. The molecule has 0 saturated carbocycles. The van der Waals surface area contributed by atoms with Gasteiger partial charge in [-0.1, -0.05) is 45.0 Å². The molecule has 2 N–H and O–H groups in total. The topological polar surface area (TPSA) is 78.9 Å². The highest BCUT2D eigenvalue weighted by Gasteiger charge is 2.28. The first-order valence-electron chi connectivity index (χ1n) is 11.5. The molecule has 6 nitrogen and oxygen atoms in total. The summed E-state index contributed by atoms with van der Waals surface area (Å²) in [4.78, 5) is 27.1. The molecular weight excluding hydrogens is 448 g/mol. The van der Waals surface area contributed by atoms with E-state index in [0.717, 1.165) is 21.7 Å². The van der Waals surface area contributed by atoms with E-state index in [1.807, 2.05) is 42.2 Å². The number of carbonyl (C=O) groups excluding carboxylic acids is 1. The number of carboxylic acid groups (broad SMARTS) is 1. The Kier molecular flexibility index (Phi) is 9.74. The van der Waals surface area contributed by atoms with Crippen molar-refractivity contribution < 1.29 is 19.4 Å². The molecule has 0 aliphatic rings. The Morgan fingerprint density at radius 1 is 1.06 bits per heavy atom. The molecule has 0 aliphatic carbocycles. The Balaban J connectivity index is 2.04. The van der Waals surface area contributed by atoms with Crippen LogP contribution in [0.3, 0.4) is 0 Å². The molecule has 0 aliphatic heterocycles. The molecule has 2 aromatic carbocycles. The maximum atomic E-state index is 12.8. The first-order valence-corrected chi connectivity index (χ1v) is 12.3. The summed E-state index contributed by atoms with van der Waals surface area (Å²) in [5.41, 5.74) is 4.21. The number of methoxy groups -OCH3 is 1. The highest BCUT2D eigenvalue weighted by atomic mass is 32.2. The number of nitrogens with zero attached hydrogens (tertiary/aromatic N) is 1. The SMILES string of the molecule is COCCN(CC(=O)Nc1ccc(C(C)(C)C)cc1C)Cc1ccc(SC(C)(C)C(=O)O)cc1. The van der Waals surface area contributed by atoms with Crippen molar-refractivity contribution in [2.45, 2.75) is 63.1 Å². The van der Waals surface area contributed by atoms with E-state index in [2.05, 4.69) is 38.2 Å². The molecule has 0 spiro atoms. The first kappa shape index (κ1) is 27.9. The smallest absolute Gasteiger partial charge is 0.319 e. The third-order valence-electron chi connectivity index (χ3n) is 5.56. The summed E-state index contributed by atoms with van der Waals surface area (Å²) in [6.45, 7) is 13.9. The van der Waals surface area contributed by atoms with Crippen LogP contribution in [0.15, 0.2) is 47.4 Å². The van der Waals surface area contributed by atoms with E-state index in [1.54, 1.807) is 21.0 Å². The van der Waals surface area contributed by atoms with Crippen molar-refractivity contribution in [3.8, 4) is 0 Å². The zero-order valence-electron chi connectivity index (χ0n) is 21.4.